The number of amides is 1. The molecular formula is C17H16N4OS. The van der Waals surface area contributed by atoms with E-state index in [-0.39, 0.29) is 12.5 Å². The van der Waals surface area contributed by atoms with Gasteiger partial charge >= 0.3 is 0 Å². The molecule has 0 saturated carbocycles. The van der Waals surface area contributed by atoms with Gasteiger partial charge < -0.3 is 5.32 Å². The fourth-order valence-electron chi connectivity index (χ4n) is 2.08. The summed E-state index contributed by atoms with van der Waals surface area (Å²) in [7, 11) is 0. The van der Waals surface area contributed by atoms with Crippen LogP contribution in [-0.4, -0.2) is 20.7 Å². The number of carbonyl (C=O) groups is 1. The van der Waals surface area contributed by atoms with E-state index in [0.717, 1.165) is 10.5 Å². The van der Waals surface area contributed by atoms with Gasteiger partial charge in [0.25, 0.3) is 0 Å². The maximum atomic E-state index is 11.9. The Balaban J connectivity index is 1.62. The molecular weight excluding hydrogens is 308 g/mol. The molecule has 1 heterocycles. The predicted octanol–water partition coefficient (Wildman–Crippen LogP) is 2.75. The normalized spacial score (nSPS) is 10.4. The summed E-state index contributed by atoms with van der Waals surface area (Å²) in [4.78, 5) is 18.1. The number of carbonyl (C=O) groups excluding carboxylic acids is 1. The molecule has 0 aliphatic rings. The smallest absolute Gasteiger partial charge is 0.242 e. The number of hydrogen-bond donors (Lipinski definition) is 1. The van der Waals surface area contributed by atoms with E-state index in [1.807, 2.05) is 36.4 Å². The van der Waals surface area contributed by atoms with Crippen molar-refractivity contribution in [3.05, 3.63) is 72.8 Å². The molecule has 0 unspecified atom stereocenters. The molecule has 6 heteroatoms. The van der Waals surface area contributed by atoms with Crippen molar-refractivity contribution >= 4 is 17.7 Å². The third-order valence-electron chi connectivity index (χ3n) is 3.19. The zero-order chi connectivity index (χ0) is 15.9. The monoisotopic (exact) mass is 324 g/mol. The molecule has 3 aromatic rings. The molecule has 0 fully saturated rings. The Bertz CT molecular complexity index is 759. The Morgan fingerprint density at radius 3 is 2.65 bits per heavy atom. The largest absolute Gasteiger partial charge is 0.350 e. The number of nitrogens with zero attached hydrogens (tertiary/aromatic N) is 3. The molecule has 0 spiro atoms. The Labute approximate surface area is 138 Å². The molecule has 3 rings (SSSR count). The lowest BCUT2D eigenvalue weighted by Crippen LogP contribution is -2.27. The van der Waals surface area contributed by atoms with Gasteiger partial charge in [0.15, 0.2) is 0 Å². The summed E-state index contributed by atoms with van der Waals surface area (Å²) in [5.41, 5.74) is 1.09. The molecule has 0 saturated heterocycles. The van der Waals surface area contributed by atoms with Crippen molar-refractivity contribution in [1.29, 1.82) is 0 Å². The summed E-state index contributed by atoms with van der Waals surface area (Å²) in [5.74, 6) is -0.0879. The molecule has 116 valence electrons. The van der Waals surface area contributed by atoms with Gasteiger partial charge in [-0.2, -0.15) is 5.10 Å². The summed E-state index contributed by atoms with van der Waals surface area (Å²) in [5, 5.41) is 6.85. The topological polar surface area (TPSA) is 59.8 Å². The summed E-state index contributed by atoms with van der Waals surface area (Å²) in [6, 6.07) is 18.3. The van der Waals surface area contributed by atoms with Crippen LogP contribution in [0.1, 0.15) is 5.56 Å². The minimum Gasteiger partial charge on any atom is -0.350 e. The van der Waals surface area contributed by atoms with Crippen LogP contribution in [0.3, 0.4) is 0 Å². The SMILES string of the molecule is O=C(Cn1cncn1)NCc1ccccc1Sc1ccccc1. The van der Waals surface area contributed by atoms with Gasteiger partial charge in [-0.3, -0.25) is 4.79 Å². The molecule has 0 radical (unpaired) electrons. The molecule has 1 aromatic heterocycles. The van der Waals surface area contributed by atoms with Crippen molar-refractivity contribution < 1.29 is 4.79 Å². The maximum absolute atomic E-state index is 11.9. The Morgan fingerprint density at radius 1 is 1.09 bits per heavy atom. The first-order valence-corrected chi connectivity index (χ1v) is 8.03. The number of rotatable bonds is 6. The maximum Gasteiger partial charge on any atom is 0.242 e. The first-order chi connectivity index (χ1) is 11.3. The zero-order valence-electron chi connectivity index (χ0n) is 12.4. The number of nitrogens with one attached hydrogen (secondary N) is 1. The van der Waals surface area contributed by atoms with Crippen LogP contribution < -0.4 is 5.32 Å². The van der Waals surface area contributed by atoms with Gasteiger partial charge in [0.2, 0.25) is 5.91 Å². The highest BCUT2D eigenvalue weighted by Gasteiger charge is 2.07. The quantitative estimate of drug-likeness (QED) is 0.757. The second-order valence-electron chi connectivity index (χ2n) is 4.89. The van der Waals surface area contributed by atoms with Gasteiger partial charge in [0.05, 0.1) is 0 Å². The van der Waals surface area contributed by atoms with E-state index in [1.54, 1.807) is 11.8 Å². The van der Waals surface area contributed by atoms with Crippen molar-refractivity contribution in [2.45, 2.75) is 22.9 Å². The first kappa shape index (κ1) is 15.3. The molecule has 23 heavy (non-hydrogen) atoms. The van der Waals surface area contributed by atoms with Gasteiger partial charge in [-0.1, -0.05) is 48.2 Å². The van der Waals surface area contributed by atoms with Crippen molar-refractivity contribution in [3.63, 3.8) is 0 Å². The predicted molar refractivity (Wildman–Crippen MR) is 88.9 cm³/mol. The lowest BCUT2D eigenvalue weighted by atomic mass is 10.2. The summed E-state index contributed by atoms with van der Waals surface area (Å²) < 4.78 is 1.50. The van der Waals surface area contributed by atoms with Gasteiger partial charge in [-0.15, -0.1) is 0 Å². The minimum atomic E-state index is -0.0879. The van der Waals surface area contributed by atoms with Crippen LogP contribution >= 0.6 is 11.8 Å². The van der Waals surface area contributed by atoms with Crippen molar-refractivity contribution in [2.24, 2.45) is 0 Å². The third kappa shape index (κ3) is 4.43. The Morgan fingerprint density at radius 2 is 1.87 bits per heavy atom. The van der Waals surface area contributed by atoms with Gasteiger partial charge in [-0.25, -0.2) is 9.67 Å². The van der Waals surface area contributed by atoms with Crippen LogP contribution in [0.25, 0.3) is 0 Å². The molecule has 5 nitrogen and oxygen atoms in total. The number of hydrogen-bond acceptors (Lipinski definition) is 4. The lowest BCUT2D eigenvalue weighted by Gasteiger charge is -2.10. The van der Waals surface area contributed by atoms with Crippen LogP contribution in [0, 0.1) is 0 Å². The summed E-state index contributed by atoms with van der Waals surface area (Å²) in [6.45, 7) is 0.664. The first-order valence-electron chi connectivity index (χ1n) is 7.21. The second-order valence-corrected chi connectivity index (χ2v) is 6.01. The standard InChI is InChI=1S/C17H16N4OS/c22-17(11-21-13-18-12-20-21)19-10-14-6-4-5-9-16(14)23-15-7-2-1-3-8-15/h1-9,12-13H,10-11H2,(H,19,22). The van der Waals surface area contributed by atoms with E-state index in [2.05, 4.69) is 33.6 Å². The van der Waals surface area contributed by atoms with Crippen molar-refractivity contribution in [3.8, 4) is 0 Å². The Kier molecular flexibility index (Phi) is 5.06. The van der Waals surface area contributed by atoms with Crippen LogP contribution in [0.4, 0.5) is 0 Å². The fraction of sp³-hybridized carbons (Fsp3) is 0.118. The van der Waals surface area contributed by atoms with E-state index in [1.165, 1.54) is 22.2 Å². The number of benzene rings is 2. The molecule has 0 atom stereocenters. The molecule has 2 aromatic carbocycles. The molecule has 0 bridgehead atoms. The summed E-state index contributed by atoms with van der Waals surface area (Å²) >= 11 is 1.69. The van der Waals surface area contributed by atoms with E-state index in [4.69, 9.17) is 0 Å². The van der Waals surface area contributed by atoms with Crippen molar-refractivity contribution in [2.75, 3.05) is 0 Å². The third-order valence-corrected chi connectivity index (χ3v) is 4.32. The fourth-order valence-corrected chi connectivity index (χ4v) is 3.04. The second kappa shape index (κ2) is 7.60. The lowest BCUT2D eigenvalue weighted by molar-refractivity contribution is -0.122. The van der Waals surface area contributed by atoms with E-state index in [9.17, 15) is 4.79 Å². The molecule has 0 aliphatic carbocycles. The van der Waals surface area contributed by atoms with Crippen LogP contribution in [0.15, 0.2) is 77.0 Å². The Hall–Kier alpha value is -2.60. The molecule has 1 N–H and O–H groups in total. The van der Waals surface area contributed by atoms with Crippen molar-refractivity contribution in [1.82, 2.24) is 20.1 Å². The molecule has 0 aliphatic heterocycles. The van der Waals surface area contributed by atoms with E-state index < -0.39 is 0 Å². The average Bonchev–Trinajstić information content (AvgIpc) is 3.08. The van der Waals surface area contributed by atoms with Gasteiger partial charge in [-0.05, 0) is 23.8 Å². The zero-order valence-corrected chi connectivity index (χ0v) is 13.2. The van der Waals surface area contributed by atoms with E-state index in [0.29, 0.717) is 6.54 Å². The highest BCUT2D eigenvalue weighted by molar-refractivity contribution is 7.99. The van der Waals surface area contributed by atoms with Crippen LogP contribution in [0.5, 0.6) is 0 Å². The van der Waals surface area contributed by atoms with E-state index >= 15 is 0 Å². The van der Waals surface area contributed by atoms with Crippen LogP contribution in [-0.2, 0) is 17.9 Å². The van der Waals surface area contributed by atoms with Crippen LogP contribution in [0.2, 0.25) is 0 Å². The number of aromatic nitrogens is 3. The molecule has 1 amide bonds. The van der Waals surface area contributed by atoms with Gasteiger partial charge in [0.1, 0.15) is 19.2 Å². The highest BCUT2D eigenvalue weighted by Crippen LogP contribution is 2.30. The minimum absolute atomic E-state index is 0.0879. The summed E-state index contributed by atoms with van der Waals surface area (Å²) in [6.07, 6.45) is 2.94. The highest BCUT2D eigenvalue weighted by atomic mass is 32.2. The average molecular weight is 324 g/mol. The van der Waals surface area contributed by atoms with Gasteiger partial charge in [0, 0.05) is 16.3 Å².